The van der Waals surface area contributed by atoms with Gasteiger partial charge in [0.2, 0.25) is 0 Å². The van der Waals surface area contributed by atoms with Crippen LogP contribution in [0.2, 0.25) is 0 Å². The van der Waals surface area contributed by atoms with Crippen LogP contribution in [0.25, 0.3) is 82.1 Å². The molecule has 9 aromatic carbocycles. The van der Waals surface area contributed by atoms with E-state index in [4.69, 9.17) is 4.42 Å². The zero-order chi connectivity index (χ0) is 40.5. The Hall–Kier alpha value is -7.10. The molecule has 0 bridgehead atoms. The number of hydrogen-bond donors (Lipinski definition) is 0. The summed E-state index contributed by atoms with van der Waals surface area (Å²) >= 11 is 0. The monoisotopic (exact) mass is 772 g/mol. The number of aromatic nitrogens is 1. The molecular formula is C57H44N2O. The molecule has 0 N–H and O–H groups in total. The quantitative estimate of drug-likeness (QED) is 0.166. The van der Waals surface area contributed by atoms with E-state index < -0.39 is 0 Å². The van der Waals surface area contributed by atoms with Gasteiger partial charge in [0.05, 0.1) is 16.7 Å². The fraction of sp³-hybridized carbons (Fsp3) is 0.123. The molecule has 0 saturated carbocycles. The normalized spacial score (nSPS) is 13.6. The van der Waals surface area contributed by atoms with Crippen molar-refractivity contribution in [2.24, 2.45) is 0 Å². The van der Waals surface area contributed by atoms with Crippen molar-refractivity contribution in [3.63, 3.8) is 0 Å². The Labute approximate surface area is 349 Å². The van der Waals surface area contributed by atoms with Crippen LogP contribution in [-0.2, 0) is 10.8 Å². The summed E-state index contributed by atoms with van der Waals surface area (Å²) in [5, 5.41) is 9.90. The summed E-state index contributed by atoms with van der Waals surface area (Å²) in [5.74, 6) is 0. The van der Waals surface area contributed by atoms with E-state index in [1.54, 1.807) is 0 Å². The third kappa shape index (κ3) is 4.84. The van der Waals surface area contributed by atoms with Crippen LogP contribution < -0.4 is 4.90 Å². The number of para-hydroxylation sites is 3. The van der Waals surface area contributed by atoms with Crippen molar-refractivity contribution in [1.82, 2.24) is 4.57 Å². The Morgan fingerprint density at radius 1 is 0.500 bits per heavy atom. The maximum Gasteiger partial charge on any atom is 0.160 e. The van der Waals surface area contributed by atoms with Crippen molar-refractivity contribution < 1.29 is 4.42 Å². The SMILES string of the molecule is CC(C)(C)c1ccc(N(c2ccc3c(c2)c2ccccc2n3-c2ccccc2)c2cc3c(c4c2oc2ccccc24)-c2c(c4ccccc4c4ccccc24)C3(C)C)cc1. The summed E-state index contributed by atoms with van der Waals surface area (Å²) in [6.07, 6.45) is 0. The van der Waals surface area contributed by atoms with Gasteiger partial charge < -0.3 is 13.9 Å². The van der Waals surface area contributed by atoms with E-state index >= 15 is 0 Å². The number of furan rings is 1. The van der Waals surface area contributed by atoms with Crippen LogP contribution in [0.5, 0.6) is 0 Å². The molecule has 0 atom stereocenters. The summed E-state index contributed by atoms with van der Waals surface area (Å²) in [4.78, 5) is 2.45. The lowest BCUT2D eigenvalue weighted by Crippen LogP contribution is -2.17. The maximum atomic E-state index is 7.17. The van der Waals surface area contributed by atoms with Crippen molar-refractivity contribution >= 4 is 82.4 Å². The number of benzene rings is 9. The van der Waals surface area contributed by atoms with E-state index in [9.17, 15) is 0 Å². The summed E-state index contributed by atoms with van der Waals surface area (Å²) in [6.45, 7) is 11.7. The van der Waals surface area contributed by atoms with Gasteiger partial charge in [0.25, 0.3) is 0 Å². The Balaban J connectivity index is 1.20. The smallest absolute Gasteiger partial charge is 0.160 e. The zero-order valence-corrected chi connectivity index (χ0v) is 34.5. The highest BCUT2D eigenvalue weighted by Gasteiger charge is 2.42. The standard InChI is InChI=1S/C57H44N2O/c1-56(2,3)35-27-29-37(30-28-35)58(38-31-32-48-45(33-38)41-21-13-15-25-47(41)59(48)36-17-7-6-8-18-36)49-34-46-53(52-44-24-14-16-26-50(44)60-55(49)52)51-42-22-11-9-19-39(42)40-20-10-12-23-43(40)54(51)57(46,4)5/h6-34H,1-5H3. The second-order valence-corrected chi connectivity index (χ2v) is 18.1. The summed E-state index contributed by atoms with van der Waals surface area (Å²) < 4.78 is 9.55. The Bertz CT molecular complexity index is 3540. The highest BCUT2D eigenvalue weighted by molar-refractivity contribution is 6.26. The van der Waals surface area contributed by atoms with Crippen molar-refractivity contribution in [3.05, 3.63) is 193 Å². The first-order valence-electron chi connectivity index (χ1n) is 21.1. The molecule has 0 fully saturated rings. The van der Waals surface area contributed by atoms with Crippen LogP contribution in [0.3, 0.4) is 0 Å². The van der Waals surface area contributed by atoms with Gasteiger partial charge in [0, 0.05) is 44.0 Å². The minimum absolute atomic E-state index is 0.0163. The van der Waals surface area contributed by atoms with Crippen LogP contribution in [0.1, 0.15) is 51.3 Å². The van der Waals surface area contributed by atoms with Gasteiger partial charge in [0.1, 0.15) is 5.58 Å². The van der Waals surface area contributed by atoms with Crippen LogP contribution in [0.4, 0.5) is 17.1 Å². The molecule has 3 heteroatoms. The van der Waals surface area contributed by atoms with E-state index in [1.165, 1.54) is 76.6 Å². The molecule has 0 amide bonds. The highest BCUT2D eigenvalue weighted by Crippen LogP contribution is 2.60. The first-order chi connectivity index (χ1) is 29.2. The van der Waals surface area contributed by atoms with Crippen molar-refractivity contribution in [3.8, 4) is 16.8 Å². The van der Waals surface area contributed by atoms with Gasteiger partial charge in [0.15, 0.2) is 5.58 Å². The lowest BCUT2D eigenvalue weighted by Gasteiger charge is -2.29. The van der Waals surface area contributed by atoms with Gasteiger partial charge in [-0.25, -0.2) is 0 Å². The van der Waals surface area contributed by atoms with Gasteiger partial charge in [-0.2, -0.15) is 0 Å². The van der Waals surface area contributed by atoms with Gasteiger partial charge in [-0.15, -0.1) is 0 Å². The Morgan fingerprint density at radius 2 is 1.08 bits per heavy atom. The summed E-state index contributed by atoms with van der Waals surface area (Å²) in [5.41, 5.74) is 14.8. The minimum Gasteiger partial charge on any atom is -0.454 e. The van der Waals surface area contributed by atoms with Gasteiger partial charge in [-0.1, -0.05) is 150 Å². The third-order valence-electron chi connectivity index (χ3n) is 13.3. The maximum absolute atomic E-state index is 7.17. The molecule has 0 aliphatic heterocycles. The summed E-state index contributed by atoms with van der Waals surface area (Å²) in [7, 11) is 0. The number of rotatable bonds is 4. The molecule has 1 aliphatic rings. The number of fused-ring (bicyclic) bond motifs is 15. The first-order valence-corrected chi connectivity index (χ1v) is 21.1. The fourth-order valence-corrected chi connectivity index (χ4v) is 10.5. The number of nitrogens with zero attached hydrogens (tertiary/aromatic N) is 2. The van der Waals surface area contributed by atoms with E-state index in [0.717, 1.165) is 39.3 Å². The minimum atomic E-state index is -0.315. The molecule has 0 radical (unpaired) electrons. The van der Waals surface area contributed by atoms with Crippen molar-refractivity contribution in [2.75, 3.05) is 4.90 Å². The molecular weight excluding hydrogens is 729 g/mol. The second-order valence-electron chi connectivity index (χ2n) is 18.1. The van der Waals surface area contributed by atoms with Gasteiger partial charge in [-0.3, -0.25) is 0 Å². The van der Waals surface area contributed by atoms with Crippen molar-refractivity contribution in [2.45, 2.75) is 45.4 Å². The summed E-state index contributed by atoms with van der Waals surface area (Å²) in [6, 6.07) is 64.6. The van der Waals surface area contributed by atoms with Crippen LogP contribution in [0, 0.1) is 0 Å². The van der Waals surface area contributed by atoms with Gasteiger partial charge >= 0.3 is 0 Å². The highest BCUT2D eigenvalue weighted by atomic mass is 16.3. The van der Waals surface area contributed by atoms with Crippen LogP contribution in [-0.4, -0.2) is 4.57 Å². The molecule has 0 saturated heterocycles. The van der Waals surface area contributed by atoms with Crippen LogP contribution in [0.15, 0.2) is 180 Å². The molecule has 0 spiro atoms. The molecule has 0 unspecified atom stereocenters. The third-order valence-corrected chi connectivity index (χ3v) is 13.3. The second kappa shape index (κ2) is 12.5. The van der Waals surface area contributed by atoms with E-state index in [2.05, 4.69) is 220 Å². The van der Waals surface area contributed by atoms with Gasteiger partial charge in [-0.05, 0) is 115 Å². The van der Waals surface area contributed by atoms with Crippen molar-refractivity contribution in [1.29, 1.82) is 0 Å². The molecule has 2 heterocycles. The lowest BCUT2D eigenvalue weighted by molar-refractivity contribution is 0.590. The predicted molar refractivity (Wildman–Crippen MR) is 254 cm³/mol. The molecule has 1 aliphatic carbocycles. The van der Waals surface area contributed by atoms with E-state index in [1.807, 2.05) is 0 Å². The Morgan fingerprint density at radius 3 is 1.82 bits per heavy atom. The predicted octanol–water partition coefficient (Wildman–Crippen LogP) is 16.1. The zero-order valence-electron chi connectivity index (χ0n) is 34.5. The van der Waals surface area contributed by atoms with E-state index in [0.29, 0.717) is 0 Å². The largest absolute Gasteiger partial charge is 0.454 e. The molecule has 3 nitrogen and oxygen atoms in total. The molecule has 11 aromatic rings. The average Bonchev–Trinajstić information content (AvgIpc) is 3.90. The fourth-order valence-electron chi connectivity index (χ4n) is 10.5. The Kier molecular flexibility index (Phi) is 7.24. The number of anilines is 3. The molecule has 2 aromatic heterocycles. The molecule has 60 heavy (non-hydrogen) atoms. The number of hydrogen-bond acceptors (Lipinski definition) is 2. The first kappa shape index (κ1) is 34.9. The van der Waals surface area contributed by atoms with E-state index in [-0.39, 0.29) is 10.8 Å². The average molecular weight is 773 g/mol. The molecule has 12 rings (SSSR count). The molecule has 288 valence electrons. The van der Waals surface area contributed by atoms with Crippen LogP contribution >= 0.6 is 0 Å². The topological polar surface area (TPSA) is 21.3 Å². The lowest BCUT2D eigenvalue weighted by atomic mass is 9.79.